The van der Waals surface area contributed by atoms with Crippen LogP contribution in [-0.2, 0) is 6.54 Å². The maximum Gasteiger partial charge on any atom is 0.269 e. The average molecular weight is 264 g/mol. The largest absolute Gasteiger partial charge is 0.299 e. The van der Waals surface area contributed by atoms with Gasteiger partial charge in [0.25, 0.3) is 5.69 Å². The van der Waals surface area contributed by atoms with E-state index in [-0.39, 0.29) is 10.6 Å². The lowest BCUT2D eigenvalue weighted by atomic mass is 10.1. The van der Waals surface area contributed by atoms with E-state index in [1.807, 2.05) is 12.1 Å². The second kappa shape index (κ2) is 8.64. The molecule has 4 heteroatoms. The van der Waals surface area contributed by atoms with Crippen LogP contribution >= 0.6 is 0 Å². The fourth-order valence-electron chi connectivity index (χ4n) is 2.01. The molecule has 1 aromatic rings. The molecule has 0 saturated carbocycles. The Labute approximate surface area is 115 Å². The van der Waals surface area contributed by atoms with Crippen molar-refractivity contribution in [1.82, 2.24) is 4.90 Å². The summed E-state index contributed by atoms with van der Waals surface area (Å²) in [6.45, 7) is 7.49. The summed E-state index contributed by atoms with van der Waals surface area (Å²) in [4.78, 5) is 12.7. The quantitative estimate of drug-likeness (QED) is 0.500. The highest BCUT2D eigenvalue weighted by molar-refractivity contribution is 5.32. The van der Waals surface area contributed by atoms with Gasteiger partial charge in [0.2, 0.25) is 0 Å². The van der Waals surface area contributed by atoms with Crippen LogP contribution < -0.4 is 0 Å². The van der Waals surface area contributed by atoms with E-state index in [0.717, 1.165) is 25.2 Å². The van der Waals surface area contributed by atoms with E-state index >= 15 is 0 Å². The Morgan fingerprint density at radius 1 is 1.05 bits per heavy atom. The molecular formula is C15H24N2O2. The minimum atomic E-state index is -0.351. The molecule has 0 fully saturated rings. The van der Waals surface area contributed by atoms with Crippen LogP contribution in [0.15, 0.2) is 24.3 Å². The van der Waals surface area contributed by atoms with Gasteiger partial charge in [-0.1, -0.05) is 38.8 Å². The van der Waals surface area contributed by atoms with Gasteiger partial charge in [0.05, 0.1) is 4.92 Å². The molecule has 0 unspecified atom stereocenters. The Bertz CT molecular complexity index is 368. The van der Waals surface area contributed by atoms with Crippen LogP contribution in [0.25, 0.3) is 0 Å². The third kappa shape index (κ3) is 5.83. The van der Waals surface area contributed by atoms with E-state index < -0.39 is 0 Å². The highest BCUT2D eigenvalue weighted by Gasteiger charge is 2.07. The van der Waals surface area contributed by atoms with Gasteiger partial charge in [-0.25, -0.2) is 0 Å². The minimum Gasteiger partial charge on any atom is -0.299 e. The van der Waals surface area contributed by atoms with Crippen molar-refractivity contribution in [3.8, 4) is 0 Å². The second-order valence-electron chi connectivity index (χ2n) is 4.91. The van der Waals surface area contributed by atoms with Crippen LogP contribution in [0.3, 0.4) is 0 Å². The number of nitrogens with zero attached hydrogens (tertiary/aromatic N) is 2. The van der Waals surface area contributed by atoms with Crippen molar-refractivity contribution in [2.45, 2.75) is 46.1 Å². The molecule has 106 valence electrons. The highest BCUT2D eigenvalue weighted by Crippen LogP contribution is 2.14. The number of nitro benzene ring substituents is 1. The molecule has 19 heavy (non-hydrogen) atoms. The fraction of sp³-hybridized carbons (Fsp3) is 0.600. The summed E-state index contributed by atoms with van der Waals surface area (Å²) in [5.74, 6) is 0. The number of unbranched alkanes of at least 4 members (excludes halogenated alkanes) is 2. The summed E-state index contributed by atoms with van der Waals surface area (Å²) in [6.07, 6.45) is 4.80. The first-order valence-corrected chi connectivity index (χ1v) is 7.13. The van der Waals surface area contributed by atoms with E-state index in [9.17, 15) is 10.1 Å². The molecule has 0 aliphatic heterocycles. The van der Waals surface area contributed by atoms with E-state index in [2.05, 4.69) is 18.7 Å². The van der Waals surface area contributed by atoms with Crippen LogP contribution in [0.4, 0.5) is 5.69 Å². The average Bonchev–Trinajstić information content (AvgIpc) is 2.42. The molecule has 0 aromatic heterocycles. The van der Waals surface area contributed by atoms with E-state index in [4.69, 9.17) is 0 Å². The molecule has 1 aromatic carbocycles. The molecule has 4 nitrogen and oxygen atoms in total. The van der Waals surface area contributed by atoms with Crippen molar-refractivity contribution in [1.29, 1.82) is 0 Å². The summed E-state index contributed by atoms with van der Waals surface area (Å²) in [7, 11) is 0. The topological polar surface area (TPSA) is 46.4 Å². The van der Waals surface area contributed by atoms with Crippen LogP contribution in [0, 0.1) is 10.1 Å². The summed E-state index contributed by atoms with van der Waals surface area (Å²) in [5.41, 5.74) is 1.32. The Kier molecular flexibility index (Phi) is 7.11. The lowest BCUT2D eigenvalue weighted by Crippen LogP contribution is -2.25. The molecule has 0 spiro atoms. The zero-order valence-corrected chi connectivity index (χ0v) is 12.0. The van der Waals surface area contributed by atoms with Gasteiger partial charge < -0.3 is 0 Å². The van der Waals surface area contributed by atoms with Crippen molar-refractivity contribution < 1.29 is 4.92 Å². The van der Waals surface area contributed by atoms with Crippen molar-refractivity contribution in [3.63, 3.8) is 0 Å². The van der Waals surface area contributed by atoms with Gasteiger partial charge in [-0.2, -0.15) is 0 Å². The first kappa shape index (κ1) is 15.6. The summed E-state index contributed by atoms with van der Waals surface area (Å²) in [6, 6.07) is 6.91. The number of hydrogen-bond acceptors (Lipinski definition) is 3. The molecule has 0 radical (unpaired) electrons. The zero-order valence-electron chi connectivity index (χ0n) is 12.0. The third-order valence-corrected chi connectivity index (χ3v) is 3.21. The van der Waals surface area contributed by atoms with Gasteiger partial charge in [-0.05, 0) is 31.5 Å². The van der Waals surface area contributed by atoms with Crippen LogP contribution in [0.1, 0.15) is 45.1 Å². The monoisotopic (exact) mass is 264 g/mol. The first-order valence-electron chi connectivity index (χ1n) is 7.13. The van der Waals surface area contributed by atoms with Crippen LogP contribution in [0.2, 0.25) is 0 Å². The standard InChI is InChI=1S/C15H24N2O2/c1-3-5-11-16(12-6-4-2)13-14-7-9-15(10-8-14)17(18)19/h7-10H,3-6,11-13H2,1-2H3. The number of rotatable bonds is 9. The maximum absolute atomic E-state index is 10.6. The third-order valence-electron chi connectivity index (χ3n) is 3.21. The summed E-state index contributed by atoms with van der Waals surface area (Å²) in [5, 5.41) is 10.6. The summed E-state index contributed by atoms with van der Waals surface area (Å²) < 4.78 is 0. The van der Waals surface area contributed by atoms with E-state index in [1.165, 1.54) is 25.7 Å². The lowest BCUT2D eigenvalue weighted by Gasteiger charge is -2.21. The van der Waals surface area contributed by atoms with Gasteiger partial charge >= 0.3 is 0 Å². The van der Waals surface area contributed by atoms with Gasteiger partial charge in [0.15, 0.2) is 0 Å². The van der Waals surface area contributed by atoms with Crippen LogP contribution in [-0.4, -0.2) is 22.9 Å². The van der Waals surface area contributed by atoms with Gasteiger partial charge in [-0.3, -0.25) is 15.0 Å². The molecule has 0 heterocycles. The second-order valence-corrected chi connectivity index (χ2v) is 4.91. The molecule has 0 saturated heterocycles. The first-order chi connectivity index (χ1) is 9.17. The maximum atomic E-state index is 10.6. The van der Waals surface area contributed by atoms with Crippen molar-refractivity contribution in [2.75, 3.05) is 13.1 Å². The molecule has 0 amide bonds. The Balaban J connectivity index is 2.58. The Hall–Kier alpha value is -1.42. The molecule has 1 rings (SSSR count). The number of hydrogen-bond donors (Lipinski definition) is 0. The zero-order chi connectivity index (χ0) is 14.1. The Morgan fingerprint density at radius 2 is 1.58 bits per heavy atom. The van der Waals surface area contributed by atoms with Crippen molar-refractivity contribution in [2.24, 2.45) is 0 Å². The molecule has 0 aliphatic rings. The molecule has 0 aliphatic carbocycles. The Morgan fingerprint density at radius 3 is 2.00 bits per heavy atom. The molecular weight excluding hydrogens is 240 g/mol. The van der Waals surface area contributed by atoms with E-state index in [1.54, 1.807) is 12.1 Å². The fourth-order valence-corrected chi connectivity index (χ4v) is 2.01. The van der Waals surface area contributed by atoms with Crippen molar-refractivity contribution >= 4 is 5.69 Å². The SMILES string of the molecule is CCCCN(CCCC)Cc1ccc([N+](=O)[O-])cc1. The van der Waals surface area contributed by atoms with Gasteiger partial charge in [0, 0.05) is 18.7 Å². The number of non-ortho nitro benzene ring substituents is 1. The van der Waals surface area contributed by atoms with Crippen LogP contribution in [0.5, 0.6) is 0 Å². The number of benzene rings is 1. The molecule has 0 N–H and O–H groups in total. The predicted molar refractivity (Wildman–Crippen MR) is 78.2 cm³/mol. The predicted octanol–water partition coefficient (Wildman–Crippen LogP) is 4.00. The summed E-state index contributed by atoms with van der Waals surface area (Å²) >= 11 is 0. The lowest BCUT2D eigenvalue weighted by molar-refractivity contribution is -0.384. The van der Waals surface area contributed by atoms with Gasteiger partial charge in [0.1, 0.15) is 0 Å². The number of nitro groups is 1. The van der Waals surface area contributed by atoms with Crippen molar-refractivity contribution in [3.05, 3.63) is 39.9 Å². The molecule has 0 atom stereocenters. The molecule has 0 bridgehead atoms. The highest BCUT2D eigenvalue weighted by atomic mass is 16.6. The normalized spacial score (nSPS) is 10.9. The minimum absolute atomic E-state index is 0.164. The van der Waals surface area contributed by atoms with Gasteiger partial charge in [-0.15, -0.1) is 0 Å². The smallest absolute Gasteiger partial charge is 0.269 e. The van der Waals surface area contributed by atoms with E-state index in [0.29, 0.717) is 0 Å².